The Labute approximate surface area is 187 Å². The third-order valence-corrected chi connectivity index (χ3v) is 4.61. The number of rotatable bonds is 12. The highest BCUT2D eigenvalue weighted by molar-refractivity contribution is 5.79. The van der Waals surface area contributed by atoms with E-state index >= 15 is 0 Å². The van der Waals surface area contributed by atoms with Crippen molar-refractivity contribution < 1.29 is 9.47 Å². The van der Waals surface area contributed by atoms with Crippen molar-refractivity contribution in [1.29, 1.82) is 0 Å². The minimum Gasteiger partial charge on any atom is -0.491 e. The zero-order chi connectivity index (χ0) is 22.5. The van der Waals surface area contributed by atoms with E-state index in [1.165, 1.54) is 16.7 Å². The molecule has 6 heteroatoms. The van der Waals surface area contributed by atoms with Crippen molar-refractivity contribution in [2.45, 2.75) is 40.4 Å². The number of guanidine groups is 1. The van der Waals surface area contributed by atoms with Crippen LogP contribution in [-0.2, 0) is 24.4 Å². The second-order valence-electron chi connectivity index (χ2n) is 7.76. The van der Waals surface area contributed by atoms with E-state index in [1.807, 2.05) is 6.92 Å². The molecule has 0 aliphatic rings. The number of aliphatic imine (C=N–C) groups is 1. The van der Waals surface area contributed by atoms with E-state index in [1.54, 1.807) is 0 Å². The molecule has 0 aromatic heterocycles. The predicted molar refractivity (Wildman–Crippen MR) is 129 cm³/mol. The molecule has 0 spiro atoms. The Balaban J connectivity index is 2.02. The molecule has 0 bridgehead atoms. The molecule has 0 unspecified atom stereocenters. The molecule has 0 aliphatic heterocycles. The average Bonchev–Trinajstić information content (AvgIpc) is 2.74. The Bertz CT molecular complexity index is 821. The van der Waals surface area contributed by atoms with Crippen LogP contribution in [0.2, 0.25) is 0 Å². The number of hydrogen-bond donors (Lipinski definition) is 2. The van der Waals surface area contributed by atoms with Crippen LogP contribution in [0.15, 0.2) is 47.5 Å². The maximum Gasteiger partial charge on any atom is 0.191 e. The number of hydrogen-bond acceptors (Lipinski definition) is 4. The van der Waals surface area contributed by atoms with E-state index in [0.717, 1.165) is 30.4 Å². The van der Waals surface area contributed by atoms with Gasteiger partial charge >= 0.3 is 0 Å². The summed E-state index contributed by atoms with van der Waals surface area (Å²) in [5, 5.41) is 6.77. The quantitative estimate of drug-likeness (QED) is 0.308. The first-order chi connectivity index (χ1) is 15.0. The number of nitrogens with zero attached hydrogens (tertiary/aromatic N) is 2. The summed E-state index contributed by atoms with van der Waals surface area (Å²) in [5.41, 5.74) is 4.77. The number of nitrogens with one attached hydrogen (secondary N) is 2. The second kappa shape index (κ2) is 13.7. The van der Waals surface area contributed by atoms with Crippen LogP contribution in [0, 0.1) is 6.92 Å². The van der Waals surface area contributed by atoms with Gasteiger partial charge in [-0.05, 0) is 57.6 Å². The highest BCUT2D eigenvalue weighted by Crippen LogP contribution is 2.20. The fourth-order valence-electron chi connectivity index (χ4n) is 3.18. The van der Waals surface area contributed by atoms with Crippen LogP contribution in [-0.4, -0.2) is 51.3 Å². The van der Waals surface area contributed by atoms with Crippen LogP contribution >= 0.6 is 0 Å². The molecule has 0 aliphatic carbocycles. The molecule has 0 radical (unpaired) electrons. The van der Waals surface area contributed by atoms with E-state index < -0.39 is 0 Å². The molecule has 0 heterocycles. The minimum absolute atomic E-state index is 0.543. The molecule has 2 rings (SSSR count). The van der Waals surface area contributed by atoms with Gasteiger partial charge in [-0.1, -0.05) is 36.4 Å². The van der Waals surface area contributed by atoms with E-state index in [9.17, 15) is 0 Å². The number of benzene rings is 2. The highest BCUT2D eigenvalue weighted by atomic mass is 16.5. The minimum atomic E-state index is 0.543. The molecule has 0 saturated carbocycles. The molecule has 2 aromatic rings. The molecule has 0 fully saturated rings. The molecular formula is C25H38N4O2. The van der Waals surface area contributed by atoms with Gasteiger partial charge in [0, 0.05) is 31.8 Å². The Morgan fingerprint density at radius 1 is 1.00 bits per heavy atom. The van der Waals surface area contributed by atoms with Crippen molar-refractivity contribution in [2.24, 2.45) is 4.99 Å². The van der Waals surface area contributed by atoms with Gasteiger partial charge in [0.05, 0.1) is 13.2 Å². The van der Waals surface area contributed by atoms with Gasteiger partial charge in [-0.2, -0.15) is 0 Å². The van der Waals surface area contributed by atoms with Gasteiger partial charge < -0.3 is 25.0 Å². The van der Waals surface area contributed by atoms with Crippen LogP contribution in [0.1, 0.15) is 36.1 Å². The van der Waals surface area contributed by atoms with Crippen LogP contribution in [0.4, 0.5) is 0 Å². The SMILES string of the molecule is CCNC(=NCc1cccc(CN(C)C)c1)NCc1ccc(C)cc1OCCOCC. The summed E-state index contributed by atoms with van der Waals surface area (Å²) in [4.78, 5) is 6.94. The Hall–Kier alpha value is -2.57. The van der Waals surface area contributed by atoms with Crippen LogP contribution in [0.25, 0.3) is 0 Å². The Morgan fingerprint density at radius 2 is 1.81 bits per heavy atom. The molecule has 31 heavy (non-hydrogen) atoms. The van der Waals surface area contributed by atoms with Crippen molar-refractivity contribution >= 4 is 5.96 Å². The molecular weight excluding hydrogens is 388 g/mol. The molecule has 0 amide bonds. The fraction of sp³-hybridized carbons (Fsp3) is 0.480. The smallest absolute Gasteiger partial charge is 0.191 e. The molecule has 0 atom stereocenters. The van der Waals surface area contributed by atoms with E-state index in [4.69, 9.17) is 14.5 Å². The van der Waals surface area contributed by atoms with Gasteiger partial charge in [0.2, 0.25) is 0 Å². The first kappa shape index (κ1) is 24.7. The van der Waals surface area contributed by atoms with E-state index in [2.05, 4.69) is 85.9 Å². The zero-order valence-corrected chi connectivity index (χ0v) is 19.7. The largest absolute Gasteiger partial charge is 0.491 e. The molecule has 6 nitrogen and oxygen atoms in total. The number of aryl methyl sites for hydroxylation is 1. The standard InChI is InChI=1S/C25H38N4O2/c1-6-26-25(27-17-21-9-8-10-22(16-21)19-29(4)5)28-18-23-12-11-20(3)15-24(23)31-14-13-30-7-2/h8-12,15-16H,6-7,13-14,17-19H2,1-5H3,(H2,26,27,28). The van der Waals surface area contributed by atoms with Gasteiger partial charge in [-0.25, -0.2) is 4.99 Å². The summed E-state index contributed by atoms with van der Waals surface area (Å²) < 4.78 is 11.3. The summed E-state index contributed by atoms with van der Waals surface area (Å²) >= 11 is 0. The summed E-state index contributed by atoms with van der Waals surface area (Å²) in [6.07, 6.45) is 0. The lowest BCUT2D eigenvalue weighted by Gasteiger charge is -2.15. The molecule has 2 N–H and O–H groups in total. The van der Waals surface area contributed by atoms with E-state index in [-0.39, 0.29) is 0 Å². The monoisotopic (exact) mass is 426 g/mol. The second-order valence-corrected chi connectivity index (χ2v) is 7.76. The lowest BCUT2D eigenvalue weighted by Crippen LogP contribution is -2.36. The summed E-state index contributed by atoms with van der Waals surface area (Å²) in [7, 11) is 4.16. The lowest BCUT2D eigenvalue weighted by atomic mass is 10.1. The van der Waals surface area contributed by atoms with Gasteiger partial charge in [0.1, 0.15) is 12.4 Å². The predicted octanol–water partition coefficient (Wildman–Crippen LogP) is 3.73. The topological polar surface area (TPSA) is 58.1 Å². The van der Waals surface area contributed by atoms with Crippen molar-refractivity contribution in [3.05, 3.63) is 64.7 Å². The molecule has 170 valence electrons. The fourth-order valence-corrected chi connectivity index (χ4v) is 3.18. The summed E-state index contributed by atoms with van der Waals surface area (Å²) in [5.74, 6) is 1.68. The average molecular weight is 427 g/mol. The summed E-state index contributed by atoms with van der Waals surface area (Å²) in [6.45, 7) is 11.0. The normalized spacial score (nSPS) is 11.6. The first-order valence-electron chi connectivity index (χ1n) is 11.1. The van der Waals surface area contributed by atoms with Crippen LogP contribution in [0.3, 0.4) is 0 Å². The van der Waals surface area contributed by atoms with Crippen molar-refractivity contribution in [3.8, 4) is 5.75 Å². The summed E-state index contributed by atoms with van der Waals surface area (Å²) in [6, 6.07) is 14.9. The van der Waals surface area contributed by atoms with Gasteiger partial charge in [-0.3, -0.25) is 0 Å². The van der Waals surface area contributed by atoms with Gasteiger partial charge in [-0.15, -0.1) is 0 Å². The van der Waals surface area contributed by atoms with Crippen molar-refractivity contribution in [1.82, 2.24) is 15.5 Å². The zero-order valence-electron chi connectivity index (χ0n) is 19.7. The maximum absolute atomic E-state index is 5.96. The van der Waals surface area contributed by atoms with E-state index in [0.29, 0.717) is 32.9 Å². The Morgan fingerprint density at radius 3 is 2.55 bits per heavy atom. The van der Waals surface area contributed by atoms with Gasteiger partial charge in [0.15, 0.2) is 5.96 Å². The number of ether oxygens (including phenoxy) is 2. The first-order valence-corrected chi connectivity index (χ1v) is 11.1. The van der Waals surface area contributed by atoms with Crippen LogP contribution < -0.4 is 15.4 Å². The Kier molecular flexibility index (Phi) is 10.9. The maximum atomic E-state index is 5.96. The lowest BCUT2D eigenvalue weighted by molar-refractivity contribution is 0.110. The molecule has 2 aromatic carbocycles. The molecule has 0 saturated heterocycles. The third kappa shape index (κ3) is 9.40. The van der Waals surface area contributed by atoms with Crippen molar-refractivity contribution in [3.63, 3.8) is 0 Å². The van der Waals surface area contributed by atoms with Crippen molar-refractivity contribution in [2.75, 3.05) is 40.5 Å². The van der Waals surface area contributed by atoms with Gasteiger partial charge in [0.25, 0.3) is 0 Å². The van der Waals surface area contributed by atoms with Crippen LogP contribution in [0.5, 0.6) is 5.75 Å². The highest BCUT2D eigenvalue weighted by Gasteiger charge is 2.06. The third-order valence-electron chi connectivity index (χ3n) is 4.61.